The molecule has 2 aromatic rings. The third-order valence-electron chi connectivity index (χ3n) is 3.03. The van der Waals surface area contributed by atoms with Gasteiger partial charge in [0, 0.05) is 22.9 Å². The summed E-state index contributed by atoms with van der Waals surface area (Å²) in [4.78, 5) is 10.1. The molecule has 0 aliphatic heterocycles. The van der Waals surface area contributed by atoms with Gasteiger partial charge in [0.2, 0.25) is 0 Å². The lowest BCUT2D eigenvalue weighted by Gasteiger charge is -2.18. The Bertz CT molecular complexity index is 597. The zero-order chi connectivity index (χ0) is 15.6. The van der Waals surface area contributed by atoms with Gasteiger partial charge >= 0.3 is 0 Å². The summed E-state index contributed by atoms with van der Waals surface area (Å²) in [5.41, 5.74) is 1.78. The third kappa shape index (κ3) is 4.08. The summed E-state index contributed by atoms with van der Waals surface area (Å²) in [5.74, 6) is -0.326. The molecule has 0 saturated heterocycles. The summed E-state index contributed by atoms with van der Waals surface area (Å²) in [6, 6.07) is 3.53. The van der Waals surface area contributed by atoms with Crippen molar-refractivity contribution in [3.05, 3.63) is 34.7 Å². The highest BCUT2D eigenvalue weighted by Gasteiger charge is 2.24. The number of nitrogens with zero attached hydrogens (tertiary/aromatic N) is 2. The number of hydrogen-bond acceptors (Lipinski definition) is 4. The number of hydrogen-bond donors (Lipinski definition) is 1. The van der Waals surface area contributed by atoms with E-state index in [4.69, 9.17) is 4.98 Å². The first kappa shape index (κ1) is 16.0. The number of rotatable bonds is 4. The highest BCUT2D eigenvalue weighted by Crippen LogP contribution is 2.33. The van der Waals surface area contributed by atoms with Crippen LogP contribution in [-0.2, 0) is 12.0 Å². The Morgan fingerprint density at radius 1 is 1.29 bits per heavy atom. The first-order valence-corrected chi connectivity index (χ1v) is 7.94. The first-order chi connectivity index (χ1) is 9.77. The molecule has 0 aliphatic carbocycles. The van der Waals surface area contributed by atoms with Crippen molar-refractivity contribution in [2.45, 2.75) is 52.6 Å². The monoisotopic (exact) mass is 307 g/mol. The average molecular weight is 307 g/mol. The number of pyridine rings is 1. The van der Waals surface area contributed by atoms with Gasteiger partial charge in [0.25, 0.3) is 0 Å². The Balaban J connectivity index is 2.37. The zero-order valence-corrected chi connectivity index (χ0v) is 14.0. The lowest BCUT2D eigenvalue weighted by molar-refractivity contribution is 0.546. The Hall–Kier alpha value is -1.33. The molecule has 0 unspecified atom stereocenters. The van der Waals surface area contributed by atoms with Gasteiger partial charge in [-0.15, -0.1) is 11.3 Å². The first-order valence-electron chi connectivity index (χ1n) is 7.13. The third-order valence-corrected chi connectivity index (χ3v) is 4.10. The van der Waals surface area contributed by atoms with Gasteiger partial charge in [0.05, 0.1) is 17.6 Å². The van der Waals surface area contributed by atoms with Crippen molar-refractivity contribution in [3.63, 3.8) is 0 Å². The number of thiazole rings is 1. The molecule has 114 valence electrons. The molecule has 0 bridgehead atoms. The molecule has 0 atom stereocenters. The van der Waals surface area contributed by atoms with Crippen molar-refractivity contribution in [3.8, 4) is 10.7 Å². The Kier molecular flexibility index (Phi) is 4.74. The largest absolute Gasteiger partial charge is 0.310 e. The van der Waals surface area contributed by atoms with Gasteiger partial charge in [-0.3, -0.25) is 4.98 Å². The lowest BCUT2D eigenvalue weighted by Crippen LogP contribution is -2.23. The molecule has 0 fully saturated rings. The number of nitrogens with one attached hydrogen (secondary N) is 1. The van der Waals surface area contributed by atoms with Crippen LogP contribution in [0, 0.1) is 5.82 Å². The maximum Gasteiger partial charge on any atom is 0.142 e. The minimum atomic E-state index is -0.326. The van der Waals surface area contributed by atoms with Crippen LogP contribution >= 0.6 is 11.3 Å². The molecule has 21 heavy (non-hydrogen) atoms. The van der Waals surface area contributed by atoms with Gasteiger partial charge in [-0.1, -0.05) is 34.6 Å². The SMILES string of the molecule is CC(C)NCc1sc(-c2ccc(F)cn2)nc1C(C)(C)C. The molecule has 1 N–H and O–H groups in total. The van der Waals surface area contributed by atoms with E-state index in [-0.39, 0.29) is 11.2 Å². The van der Waals surface area contributed by atoms with Crippen LogP contribution in [0.4, 0.5) is 4.39 Å². The molecule has 2 aromatic heterocycles. The van der Waals surface area contributed by atoms with E-state index >= 15 is 0 Å². The van der Waals surface area contributed by atoms with Crippen molar-refractivity contribution < 1.29 is 4.39 Å². The number of aromatic nitrogens is 2. The van der Waals surface area contributed by atoms with E-state index in [9.17, 15) is 4.39 Å². The maximum atomic E-state index is 13.0. The molecule has 0 amide bonds. The van der Waals surface area contributed by atoms with E-state index < -0.39 is 0 Å². The van der Waals surface area contributed by atoms with E-state index in [0.29, 0.717) is 6.04 Å². The van der Waals surface area contributed by atoms with Gasteiger partial charge in [-0.05, 0) is 12.1 Å². The van der Waals surface area contributed by atoms with Gasteiger partial charge in [0.1, 0.15) is 10.8 Å². The maximum absolute atomic E-state index is 13.0. The summed E-state index contributed by atoms with van der Waals surface area (Å²) in [6.45, 7) is 11.5. The minimum Gasteiger partial charge on any atom is -0.310 e. The predicted molar refractivity (Wildman–Crippen MR) is 86.0 cm³/mol. The highest BCUT2D eigenvalue weighted by atomic mass is 32.1. The van der Waals surface area contributed by atoms with E-state index in [2.05, 4.69) is 44.9 Å². The van der Waals surface area contributed by atoms with Crippen LogP contribution < -0.4 is 5.32 Å². The molecule has 0 aliphatic rings. The second-order valence-corrected chi connectivity index (χ2v) is 7.52. The molecular weight excluding hydrogens is 285 g/mol. The fraction of sp³-hybridized carbons (Fsp3) is 0.500. The fourth-order valence-electron chi connectivity index (χ4n) is 1.97. The van der Waals surface area contributed by atoms with Crippen molar-refractivity contribution in [1.29, 1.82) is 0 Å². The van der Waals surface area contributed by atoms with E-state index in [1.807, 2.05) is 0 Å². The lowest BCUT2D eigenvalue weighted by atomic mass is 9.91. The topological polar surface area (TPSA) is 37.8 Å². The average Bonchev–Trinajstić information content (AvgIpc) is 2.81. The van der Waals surface area contributed by atoms with Crippen LogP contribution in [0.15, 0.2) is 18.3 Å². The van der Waals surface area contributed by atoms with Crippen molar-refractivity contribution >= 4 is 11.3 Å². The molecule has 3 nitrogen and oxygen atoms in total. The summed E-state index contributed by atoms with van der Waals surface area (Å²) in [7, 11) is 0. The predicted octanol–water partition coefficient (Wildman–Crippen LogP) is 4.14. The molecule has 2 rings (SSSR count). The van der Waals surface area contributed by atoms with Gasteiger partial charge in [-0.25, -0.2) is 9.37 Å². The molecule has 0 radical (unpaired) electrons. The van der Waals surface area contributed by atoms with Crippen molar-refractivity contribution in [2.24, 2.45) is 0 Å². The molecule has 0 saturated carbocycles. The van der Waals surface area contributed by atoms with Gasteiger partial charge in [-0.2, -0.15) is 0 Å². The molecule has 5 heteroatoms. The standard InChI is InChI=1S/C16H22FN3S/c1-10(2)18-9-13-14(16(3,4)5)20-15(21-13)12-7-6-11(17)8-19-12/h6-8,10,18H,9H2,1-5H3. The highest BCUT2D eigenvalue weighted by molar-refractivity contribution is 7.15. The second-order valence-electron chi connectivity index (χ2n) is 6.44. The van der Waals surface area contributed by atoms with Crippen molar-refractivity contribution in [2.75, 3.05) is 0 Å². The Morgan fingerprint density at radius 3 is 2.52 bits per heavy atom. The molecule has 0 spiro atoms. The van der Waals surface area contributed by atoms with E-state index in [1.54, 1.807) is 17.4 Å². The van der Waals surface area contributed by atoms with Crippen molar-refractivity contribution in [1.82, 2.24) is 15.3 Å². The number of halogens is 1. The van der Waals surface area contributed by atoms with E-state index in [1.165, 1.54) is 17.1 Å². The summed E-state index contributed by atoms with van der Waals surface area (Å²) >= 11 is 1.63. The van der Waals surface area contributed by atoms with Crippen LogP contribution in [0.1, 0.15) is 45.2 Å². The second kappa shape index (κ2) is 6.20. The molecular formula is C16H22FN3S. The summed E-state index contributed by atoms with van der Waals surface area (Å²) in [5, 5.41) is 4.29. The van der Waals surface area contributed by atoms with Crippen LogP contribution in [0.5, 0.6) is 0 Å². The van der Waals surface area contributed by atoms with Crippen LogP contribution in [-0.4, -0.2) is 16.0 Å². The zero-order valence-electron chi connectivity index (χ0n) is 13.2. The normalized spacial score (nSPS) is 12.1. The Labute approximate surface area is 129 Å². The summed E-state index contributed by atoms with van der Waals surface area (Å²) in [6.07, 6.45) is 1.24. The van der Waals surface area contributed by atoms with E-state index in [0.717, 1.165) is 22.9 Å². The van der Waals surface area contributed by atoms with Crippen LogP contribution in [0.25, 0.3) is 10.7 Å². The van der Waals surface area contributed by atoms with Crippen LogP contribution in [0.2, 0.25) is 0 Å². The summed E-state index contributed by atoms with van der Waals surface area (Å²) < 4.78 is 13.0. The van der Waals surface area contributed by atoms with Gasteiger partial charge in [0.15, 0.2) is 0 Å². The Morgan fingerprint density at radius 2 is 2.00 bits per heavy atom. The van der Waals surface area contributed by atoms with Crippen LogP contribution in [0.3, 0.4) is 0 Å². The smallest absolute Gasteiger partial charge is 0.142 e. The fourth-order valence-corrected chi connectivity index (χ4v) is 3.17. The minimum absolute atomic E-state index is 0.0250. The molecule has 0 aromatic carbocycles. The van der Waals surface area contributed by atoms with Gasteiger partial charge < -0.3 is 5.32 Å². The molecule has 2 heterocycles. The quantitative estimate of drug-likeness (QED) is 0.922.